The van der Waals surface area contributed by atoms with Crippen LogP contribution in [0.5, 0.6) is 0 Å². The van der Waals surface area contributed by atoms with Crippen LogP contribution in [0.15, 0.2) is 12.3 Å². The first-order valence-electron chi connectivity index (χ1n) is 6.48. The quantitative estimate of drug-likeness (QED) is 0.864. The van der Waals surface area contributed by atoms with Crippen LogP contribution in [0, 0.1) is 11.2 Å². The van der Waals surface area contributed by atoms with Gasteiger partial charge in [-0.25, -0.2) is 18.2 Å². The van der Waals surface area contributed by atoms with Crippen molar-refractivity contribution in [3.63, 3.8) is 0 Å². The molecule has 0 bridgehead atoms. The van der Waals surface area contributed by atoms with Crippen LogP contribution in [0.2, 0.25) is 5.15 Å². The SMILES string of the molecule is CC(C)(C)Cn1cc(C(N)C(F)F)c2cc(F)c(Cl)nc21. The van der Waals surface area contributed by atoms with Crippen LogP contribution in [-0.4, -0.2) is 16.0 Å². The number of fused-ring (bicyclic) bond motifs is 1. The largest absolute Gasteiger partial charge is 0.332 e. The van der Waals surface area contributed by atoms with Crippen molar-refractivity contribution in [3.05, 3.63) is 28.8 Å². The van der Waals surface area contributed by atoms with E-state index in [0.717, 1.165) is 6.07 Å². The van der Waals surface area contributed by atoms with E-state index in [1.54, 1.807) is 4.57 Å². The first kappa shape index (κ1) is 16.1. The van der Waals surface area contributed by atoms with Gasteiger partial charge < -0.3 is 10.3 Å². The Hall–Kier alpha value is -1.27. The highest BCUT2D eigenvalue weighted by molar-refractivity contribution is 6.29. The zero-order valence-electron chi connectivity index (χ0n) is 12.0. The zero-order chi connectivity index (χ0) is 15.9. The van der Waals surface area contributed by atoms with Gasteiger partial charge in [0.2, 0.25) is 0 Å². The van der Waals surface area contributed by atoms with Crippen molar-refractivity contribution in [2.24, 2.45) is 11.1 Å². The van der Waals surface area contributed by atoms with Crippen molar-refractivity contribution in [2.75, 3.05) is 0 Å². The fourth-order valence-electron chi connectivity index (χ4n) is 2.22. The molecule has 7 heteroatoms. The van der Waals surface area contributed by atoms with Crippen LogP contribution in [0.1, 0.15) is 32.4 Å². The van der Waals surface area contributed by atoms with Gasteiger partial charge in [0.15, 0.2) is 11.0 Å². The maximum absolute atomic E-state index is 13.6. The van der Waals surface area contributed by atoms with E-state index in [-0.39, 0.29) is 21.5 Å². The Balaban J connectivity index is 2.67. The van der Waals surface area contributed by atoms with E-state index in [0.29, 0.717) is 12.2 Å². The van der Waals surface area contributed by atoms with Gasteiger partial charge in [-0.1, -0.05) is 32.4 Å². The monoisotopic (exact) mass is 319 g/mol. The van der Waals surface area contributed by atoms with E-state index in [2.05, 4.69) is 4.98 Å². The molecule has 0 amide bonds. The summed E-state index contributed by atoms with van der Waals surface area (Å²) in [5, 5.41) is -0.0122. The summed E-state index contributed by atoms with van der Waals surface area (Å²) in [4.78, 5) is 3.97. The summed E-state index contributed by atoms with van der Waals surface area (Å²) in [7, 11) is 0. The average molecular weight is 320 g/mol. The van der Waals surface area contributed by atoms with Gasteiger partial charge in [-0.05, 0) is 11.5 Å². The Morgan fingerprint density at radius 2 is 2.00 bits per heavy atom. The molecule has 116 valence electrons. The summed E-state index contributed by atoms with van der Waals surface area (Å²) in [6.45, 7) is 6.51. The smallest absolute Gasteiger partial charge is 0.257 e. The Morgan fingerprint density at radius 3 is 2.52 bits per heavy atom. The number of alkyl halides is 2. The molecule has 2 heterocycles. The summed E-state index contributed by atoms with van der Waals surface area (Å²) in [6.07, 6.45) is -1.23. The molecule has 0 saturated heterocycles. The highest BCUT2D eigenvalue weighted by Crippen LogP contribution is 2.31. The molecule has 21 heavy (non-hydrogen) atoms. The lowest BCUT2D eigenvalue weighted by Crippen LogP contribution is -2.19. The van der Waals surface area contributed by atoms with Crippen LogP contribution in [-0.2, 0) is 6.54 Å². The molecular formula is C14H17ClF3N3. The van der Waals surface area contributed by atoms with Gasteiger partial charge in [0.25, 0.3) is 6.43 Å². The van der Waals surface area contributed by atoms with E-state index in [9.17, 15) is 13.2 Å². The molecule has 0 aliphatic rings. The number of nitrogens with zero attached hydrogens (tertiary/aromatic N) is 2. The molecule has 2 aromatic rings. The molecule has 0 spiro atoms. The maximum atomic E-state index is 13.6. The molecule has 0 aromatic carbocycles. The van der Waals surface area contributed by atoms with Crippen molar-refractivity contribution < 1.29 is 13.2 Å². The van der Waals surface area contributed by atoms with Crippen LogP contribution in [0.3, 0.4) is 0 Å². The molecule has 0 radical (unpaired) electrons. The zero-order valence-corrected chi connectivity index (χ0v) is 12.8. The summed E-state index contributed by atoms with van der Waals surface area (Å²) >= 11 is 5.70. The van der Waals surface area contributed by atoms with Crippen LogP contribution in [0.25, 0.3) is 11.0 Å². The van der Waals surface area contributed by atoms with E-state index in [4.69, 9.17) is 17.3 Å². The number of rotatable bonds is 3. The lowest BCUT2D eigenvalue weighted by molar-refractivity contribution is 0.117. The van der Waals surface area contributed by atoms with Gasteiger partial charge in [0.05, 0.1) is 6.04 Å². The Bertz CT molecular complexity index is 662. The summed E-state index contributed by atoms with van der Waals surface area (Å²) in [5.41, 5.74) is 5.95. The minimum Gasteiger partial charge on any atom is -0.332 e. The highest BCUT2D eigenvalue weighted by Gasteiger charge is 2.25. The van der Waals surface area contributed by atoms with Crippen molar-refractivity contribution in [3.8, 4) is 0 Å². The van der Waals surface area contributed by atoms with Crippen LogP contribution in [0.4, 0.5) is 13.2 Å². The second-order valence-corrected chi connectivity index (χ2v) is 6.62. The Labute approximate surface area is 125 Å². The first-order valence-corrected chi connectivity index (χ1v) is 6.86. The Kier molecular flexibility index (Phi) is 4.22. The second-order valence-electron chi connectivity index (χ2n) is 6.27. The van der Waals surface area contributed by atoms with E-state index < -0.39 is 18.3 Å². The molecule has 3 nitrogen and oxygen atoms in total. The molecule has 0 saturated carbocycles. The molecule has 0 aliphatic carbocycles. The van der Waals surface area contributed by atoms with Gasteiger partial charge in [-0.15, -0.1) is 0 Å². The molecule has 2 N–H and O–H groups in total. The predicted octanol–water partition coefficient (Wildman–Crippen LogP) is 4.14. The first-order chi connectivity index (χ1) is 9.60. The lowest BCUT2D eigenvalue weighted by atomic mass is 9.97. The third kappa shape index (κ3) is 3.32. The van der Waals surface area contributed by atoms with Gasteiger partial charge in [0, 0.05) is 23.7 Å². The van der Waals surface area contributed by atoms with Gasteiger partial charge in [-0.2, -0.15) is 0 Å². The topological polar surface area (TPSA) is 43.8 Å². The van der Waals surface area contributed by atoms with E-state index >= 15 is 0 Å². The molecule has 0 aliphatic heterocycles. The van der Waals surface area contributed by atoms with Gasteiger partial charge in [0.1, 0.15) is 5.65 Å². The fourth-order valence-corrected chi connectivity index (χ4v) is 2.35. The van der Waals surface area contributed by atoms with Gasteiger partial charge in [-0.3, -0.25) is 0 Å². The van der Waals surface area contributed by atoms with Gasteiger partial charge >= 0.3 is 0 Å². The molecule has 2 aromatic heterocycles. The minimum absolute atomic E-state index is 0.110. The number of hydrogen-bond acceptors (Lipinski definition) is 2. The number of halogens is 4. The normalized spacial score (nSPS) is 14.1. The summed E-state index contributed by atoms with van der Waals surface area (Å²) in [5.74, 6) is -0.750. The van der Waals surface area contributed by atoms with Crippen LogP contribution < -0.4 is 5.73 Å². The lowest BCUT2D eigenvalue weighted by Gasteiger charge is -2.19. The van der Waals surface area contributed by atoms with Crippen molar-refractivity contribution >= 4 is 22.6 Å². The number of nitrogens with two attached hydrogens (primary N) is 1. The van der Waals surface area contributed by atoms with E-state index in [1.807, 2.05) is 20.8 Å². The number of hydrogen-bond donors (Lipinski definition) is 1. The average Bonchev–Trinajstić information content (AvgIpc) is 2.65. The summed E-state index contributed by atoms with van der Waals surface area (Å²) < 4.78 is 41.1. The van der Waals surface area contributed by atoms with Crippen molar-refractivity contribution in [1.29, 1.82) is 0 Å². The molecule has 0 fully saturated rings. The highest BCUT2D eigenvalue weighted by atomic mass is 35.5. The van der Waals surface area contributed by atoms with E-state index in [1.165, 1.54) is 6.20 Å². The maximum Gasteiger partial charge on any atom is 0.257 e. The molecule has 1 unspecified atom stereocenters. The molecular weight excluding hydrogens is 303 g/mol. The van der Waals surface area contributed by atoms with Crippen LogP contribution >= 0.6 is 11.6 Å². The predicted molar refractivity (Wildman–Crippen MR) is 77.1 cm³/mol. The number of pyridine rings is 1. The minimum atomic E-state index is -2.74. The third-order valence-corrected chi connectivity index (χ3v) is 3.33. The second kappa shape index (κ2) is 5.50. The summed E-state index contributed by atoms with van der Waals surface area (Å²) in [6, 6.07) is -0.377. The number of aromatic nitrogens is 2. The fraction of sp³-hybridized carbons (Fsp3) is 0.500. The van der Waals surface area contributed by atoms with Crippen molar-refractivity contribution in [1.82, 2.24) is 9.55 Å². The molecule has 2 rings (SSSR count). The standard InChI is InChI=1S/C14H17ClF3N3/c1-14(2,3)6-21-5-8(10(19)12(17)18)7-4-9(16)11(15)20-13(7)21/h4-5,10,12H,6,19H2,1-3H3. The Morgan fingerprint density at radius 1 is 1.38 bits per heavy atom. The van der Waals surface area contributed by atoms with Crippen molar-refractivity contribution in [2.45, 2.75) is 39.8 Å². The molecule has 1 atom stereocenters. The third-order valence-electron chi connectivity index (χ3n) is 3.07.